The molecule has 0 fully saturated rings. The standard InChI is InChI=1S/C16H22ClNO3/c1-11(2-5-16(19)20)6-7-18-10-14-9-12-8-13(17)3-4-15(12)21-14/h3-4,8,11,14,18H,2,5-7,9-10H2,1H3,(H,19,20). The van der Waals surface area contributed by atoms with Crippen molar-refractivity contribution in [2.75, 3.05) is 13.1 Å². The van der Waals surface area contributed by atoms with E-state index in [0.717, 1.165) is 43.1 Å². The molecule has 4 nitrogen and oxygen atoms in total. The van der Waals surface area contributed by atoms with E-state index in [2.05, 4.69) is 12.2 Å². The monoisotopic (exact) mass is 311 g/mol. The molecule has 2 atom stereocenters. The number of carboxylic acids is 1. The predicted octanol–water partition coefficient (Wildman–Crippen LogP) is 3.12. The van der Waals surface area contributed by atoms with Gasteiger partial charge in [0.05, 0.1) is 0 Å². The lowest BCUT2D eigenvalue weighted by Crippen LogP contribution is -2.31. The summed E-state index contributed by atoms with van der Waals surface area (Å²) in [5.74, 6) is 0.640. The molecule has 21 heavy (non-hydrogen) atoms. The van der Waals surface area contributed by atoms with Crippen molar-refractivity contribution < 1.29 is 14.6 Å². The Morgan fingerprint density at radius 2 is 2.33 bits per heavy atom. The SMILES string of the molecule is CC(CCNCC1Cc2cc(Cl)ccc2O1)CCC(=O)O. The summed E-state index contributed by atoms with van der Waals surface area (Å²) < 4.78 is 5.85. The molecule has 1 aliphatic rings. The lowest BCUT2D eigenvalue weighted by molar-refractivity contribution is -0.137. The first kappa shape index (κ1) is 16.1. The van der Waals surface area contributed by atoms with Crippen LogP contribution in [0.5, 0.6) is 5.75 Å². The number of carbonyl (C=O) groups is 1. The number of hydrogen-bond acceptors (Lipinski definition) is 3. The van der Waals surface area contributed by atoms with Gasteiger partial charge in [-0.05, 0) is 49.1 Å². The van der Waals surface area contributed by atoms with Gasteiger partial charge < -0.3 is 15.2 Å². The first-order valence-corrected chi connectivity index (χ1v) is 7.80. The third kappa shape index (κ3) is 5.21. The minimum atomic E-state index is -0.717. The van der Waals surface area contributed by atoms with Crippen LogP contribution >= 0.6 is 11.6 Å². The second-order valence-electron chi connectivity index (χ2n) is 5.73. The van der Waals surface area contributed by atoms with Gasteiger partial charge in [0.25, 0.3) is 0 Å². The van der Waals surface area contributed by atoms with E-state index < -0.39 is 5.97 Å². The van der Waals surface area contributed by atoms with E-state index in [9.17, 15) is 4.79 Å². The van der Waals surface area contributed by atoms with E-state index in [0.29, 0.717) is 5.92 Å². The summed E-state index contributed by atoms with van der Waals surface area (Å²) in [4.78, 5) is 10.5. The number of rotatable bonds is 8. The van der Waals surface area contributed by atoms with Gasteiger partial charge in [0.1, 0.15) is 11.9 Å². The number of halogens is 1. The van der Waals surface area contributed by atoms with Gasteiger partial charge in [-0.3, -0.25) is 4.79 Å². The molecule has 0 amide bonds. The molecule has 0 saturated carbocycles. The molecule has 2 N–H and O–H groups in total. The lowest BCUT2D eigenvalue weighted by Gasteiger charge is -2.14. The van der Waals surface area contributed by atoms with Gasteiger partial charge in [-0.25, -0.2) is 0 Å². The molecule has 0 radical (unpaired) electrons. The molecule has 0 bridgehead atoms. The van der Waals surface area contributed by atoms with Crippen LogP contribution in [0, 0.1) is 5.92 Å². The van der Waals surface area contributed by atoms with Crippen LogP contribution < -0.4 is 10.1 Å². The summed E-state index contributed by atoms with van der Waals surface area (Å²) in [5, 5.41) is 12.8. The molecular weight excluding hydrogens is 290 g/mol. The van der Waals surface area contributed by atoms with Crippen LogP contribution in [0.1, 0.15) is 31.7 Å². The maximum absolute atomic E-state index is 10.5. The lowest BCUT2D eigenvalue weighted by atomic mass is 10.0. The van der Waals surface area contributed by atoms with E-state index in [1.807, 2.05) is 18.2 Å². The summed E-state index contributed by atoms with van der Waals surface area (Å²) in [7, 11) is 0. The second-order valence-corrected chi connectivity index (χ2v) is 6.16. The quantitative estimate of drug-likeness (QED) is 0.724. The Hall–Kier alpha value is -1.26. The smallest absolute Gasteiger partial charge is 0.303 e. The van der Waals surface area contributed by atoms with E-state index in [1.165, 1.54) is 5.56 Å². The van der Waals surface area contributed by atoms with Crippen LogP contribution in [-0.4, -0.2) is 30.3 Å². The molecule has 0 saturated heterocycles. The van der Waals surface area contributed by atoms with Gasteiger partial charge in [-0.2, -0.15) is 0 Å². The zero-order chi connectivity index (χ0) is 15.2. The Kier molecular flexibility index (Phi) is 5.88. The van der Waals surface area contributed by atoms with Crippen LogP contribution in [0.25, 0.3) is 0 Å². The van der Waals surface area contributed by atoms with Crippen LogP contribution in [0.15, 0.2) is 18.2 Å². The predicted molar refractivity (Wildman–Crippen MR) is 83.1 cm³/mol. The van der Waals surface area contributed by atoms with Crippen molar-refractivity contribution in [3.05, 3.63) is 28.8 Å². The third-order valence-corrected chi connectivity index (χ3v) is 4.04. The molecule has 5 heteroatoms. The average molecular weight is 312 g/mol. The van der Waals surface area contributed by atoms with Crippen LogP contribution in [0.2, 0.25) is 5.02 Å². The average Bonchev–Trinajstić information content (AvgIpc) is 2.83. The normalized spacial score (nSPS) is 18.1. The summed E-state index contributed by atoms with van der Waals surface area (Å²) >= 11 is 5.97. The maximum atomic E-state index is 10.5. The highest BCUT2D eigenvalue weighted by atomic mass is 35.5. The fraction of sp³-hybridized carbons (Fsp3) is 0.562. The fourth-order valence-corrected chi connectivity index (χ4v) is 2.72. The van der Waals surface area contributed by atoms with Gasteiger partial charge >= 0.3 is 5.97 Å². The zero-order valence-corrected chi connectivity index (χ0v) is 13.0. The zero-order valence-electron chi connectivity index (χ0n) is 12.3. The highest BCUT2D eigenvalue weighted by Crippen LogP contribution is 2.30. The van der Waals surface area contributed by atoms with Crippen LogP contribution in [0.3, 0.4) is 0 Å². The largest absolute Gasteiger partial charge is 0.488 e. The Balaban J connectivity index is 1.61. The second kappa shape index (κ2) is 7.66. The molecule has 1 heterocycles. The molecule has 1 aromatic carbocycles. The molecular formula is C16H22ClNO3. The van der Waals surface area contributed by atoms with Crippen molar-refractivity contribution in [3.63, 3.8) is 0 Å². The summed E-state index contributed by atoms with van der Waals surface area (Å²) in [5.41, 5.74) is 1.17. The third-order valence-electron chi connectivity index (χ3n) is 3.80. The van der Waals surface area contributed by atoms with Gasteiger partial charge in [0.2, 0.25) is 0 Å². The topological polar surface area (TPSA) is 58.6 Å². The van der Waals surface area contributed by atoms with E-state index in [1.54, 1.807) is 0 Å². The Morgan fingerprint density at radius 3 is 3.10 bits per heavy atom. The molecule has 1 aromatic rings. The van der Waals surface area contributed by atoms with E-state index in [-0.39, 0.29) is 12.5 Å². The van der Waals surface area contributed by atoms with Crippen LogP contribution in [0.4, 0.5) is 0 Å². The van der Waals surface area contributed by atoms with Gasteiger partial charge in [-0.15, -0.1) is 0 Å². The number of benzene rings is 1. The van der Waals surface area contributed by atoms with Crippen molar-refractivity contribution in [2.24, 2.45) is 5.92 Å². The number of carboxylic acid groups (broad SMARTS) is 1. The van der Waals surface area contributed by atoms with Gasteiger partial charge in [0.15, 0.2) is 0 Å². The molecule has 1 aliphatic heterocycles. The Bertz CT molecular complexity index is 492. The summed E-state index contributed by atoms with van der Waals surface area (Å²) in [6.07, 6.45) is 3.02. The number of fused-ring (bicyclic) bond motifs is 1. The van der Waals surface area contributed by atoms with E-state index >= 15 is 0 Å². The van der Waals surface area contributed by atoms with Gasteiger partial charge in [-0.1, -0.05) is 18.5 Å². The maximum Gasteiger partial charge on any atom is 0.303 e. The molecule has 116 valence electrons. The van der Waals surface area contributed by atoms with Crippen molar-refractivity contribution in [1.29, 1.82) is 0 Å². The van der Waals surface area contributed by atoms with Crippen molar-refractivity contribution in [3.8, 4) is 5.75 Å². The van der Waals surface area contributed by atoms with E-state index in [4.69, 9.17) is 21.4 Å². The molecule has 2 unspecified atom stereocenters. The minimum absolute atomic E-state index is 0.160. The molecule has 0 spiro atoms. The first-order chi connectivity index (χ1) is 10.0. The van der Waals surface area contributed by atoms with Gasteiger partial charge in [0, 0.05) is 24.4 Å². The van der Waals surface area contributed by atoms with Crippen molar-refractivity contribution in [1.82, 2.24) is 5.32 Å². The first-order valence-electron chi connectivity index (χ1n) is 7.42. The minimum Gasteiger partial charge on any atom is -0.488 e. The molecule has 2 rings (SSSR count). The fourth-order valence-electron chi connectivity index (χ4n) is 2.53. The molecule has 0 aliphatic carbocycles. The summed E-state index contributed by atoms with van der Waals surface area (Å²) in [6.45, 7) is 3.78. The highest BCUT2D eigenvalue weighted by Gasteiger charge is 2.22. The van der Waals surface area contributed by atoms with Crippen LogP contribution in [-0.2, 0) is 11.2 Å². The Labute approximate surface area is 130 Å². The number of aliphatic carboxylic acids is 1. The van der Waals surface area contributed by atoms with Crippen molar-refractivity contribution >= 4 is 17.6 Å². The Morgan fingerprint density at radius 1 is 1.52 bits per heavy atom. The van der Waals surface area contributed by atoms with Crippen molar-refractivity contribution in [2.45, 2.75) is 38.7 Å². The number of nitrogens with one attached hydrogen (secondary N) is 1. The number of ether oxygens (including phenoxy) is 1. The highest BCUT2D eigenvalue weighted by molar-refractivity contribution is 6.30. The molecule has 0 aromatic heterocycles. The number of hydrogen-bond donors (Lipinski definition) is 2. The summed E-state index contributed by atoms with van der Waals surface area (Å²) in [6, 6.07) is 5.73.